The summed E-state index contributed by atoms with van der Waals surface area (Å²) in [5, 5.41) is 3.38. The van der Waals surface area contributed by atoms with Crippen molar-refractivity contribution in [2.24, 2.45) is 5.92 Å². The quantitative estimate of drug-likeness (QED) is 0.930. The minimum absolute atomic E-state index is 0. The van der Waals surface area contributed by atoms with Crippen LogP contribution in [0, 0.1) is 5.92 Å². The Morgan fingerprint density at radius 2 is 2.00 bits per heavy atom. The van der Waals surface area contributed by atoms with E-state index < -0.39 is 0 Å². The Morgan fingerprint density at radius 3 is 2.76 bits per heavy atom. The van der Waals surface area contributed by atoms with Gasteiger partial charge in [-0.2, -0.15) is 0 Å². The Bertz CT molecular complexity index is 485. The van der Waals surface area contributed by atoms with Crippen molar-refractivity contribution >= 4 is 24.0 Å². The Hall–Kier alpha value is -1.06. The largest absolute Gasteiger partial charge is 0.317 e. The van der Waals surface area contributed by atoms with Gasteiger partial charge in [-0.25, -0.2) is 0 Å². The maximum absolute atomic E-state index is 12.6. The summed E-state index contributed by atoms with van der Waals surface area (Å²) in [7, 11) is 0. The molecule has 0 saturated carbocycles. The van der Waals surface area contributed by atoms with E-state index in [2.05, 4.69) is 30.4 Å². The predicted octanol–water partition coefficient (Wildman–Crippen LogP) is 3.17. The van der Waals surface area contributed by atoms with Gasteiger partial charge in [-0.15, -0.1) is 12.4 Å². The van der Waals surface area contributed by atoms with Crippen LogP contribution in [0.25, 0.3) is 0 Å². The van der Waals surface area contributed by atoms with Gasteiger partial charge in [-0.05, 0) is 63.2 Å². The van der Waals surface area contributed by atoms with Crippen LogP contribution in [0.2, 0.25) is 0 Å². The number of piperidine rings is 1. The first-order valence-corrected chi connectivity index (χ1v) is 7.86. The van der Waals surface area contributed by atoms with Crippen molar-refractivity contribution in [1.29, 1.82) is 0 Å². The van der Waals surface area contributed by atoms with E-state index >= 15 is 0 Å². The van der Waals surface area contributed by atoms with Crippen molar-refractivity contribution < 1.29 is 4.79 Å². The number of benzene rings is 1. The molecule has 0 aromatic heterocycles. The zero-order valence-electron chi connectivity index (χ0n) is 12.7. The Labute approximate surface area is 133 Å². The topological polar surface area (TPSA) is 32.3 Å². The Morgan fingerprint density at radius 1 is 1.29 bits per heavy atom. The number of hydrogen-bond acceptors (Lipinski definition) is 2. The summed E-state index contributed by atoms with van der Waals surface area (Å²) in [6.07, 6.45) is 5.18. The van der Waals surface area contributed by atoms with Crippen LogP contribution in [0.4, 0.5) is 5.69 Å². The third-order valence-corrected chi connectivity index (χ3v) is 4.70. The molecule has 0 bridgehead atoms. The number of halogens is 1. The summed E-state index contributed by atoms with van der Waals surface area (Å²) < 4.78 is 0. The lowest BCUT2D eigenvalue weighted by Crippen LogP contribution is -2.36. The number of nitrogens with zero attached hydrogens (tertiary/aromatic N) is 1. The lowest BCUT2D eigenvalue weighted by Gasteiger charge is -2.26. The molecule has 3 rings (SSSR count). The van der Waals surface area contributed by atoms with Crippen LogP contribution in [0.1, 0.15) is 38.2 Å². The number of carbonyl (C=O) groups excluding carboxylic acids is 1. The number of carbonyl (C=O) groups is 1. The van der Waals surface area contributed by atoms with E-state index in [1.165, 1.54) is 18.4 Å². The molecule has 3 nitrogen and oxygen atoms in total. The second kappa shape index (κ2) is 7.28. The Kier molecular flexibility index (Phi) is 5.65. The van der Waals surface area contributed by atoms with E-state index in [1.807, 2.05) is 11.0 Å². The zero-order chi connectivity index (χ0) is 13.9. The molecule has 1 saturated heterocycles. The smallest absolute Gasteiger partial charge is 0.227 e. The molecule has 1 amide bonds. The van der Waals surface area contributed by atoms with Gasteiger partial charge in [0.05, 0.1) is 0 Å². The van der Waals surface area contributed by atoms with Gasteiger partial charge in [-0.3, -0.25) is 4.79 Å². The second-order valence-corrected chi connectivity index (χ2v) is 6.18. The first kappa shape index (κ1) is 16.3. The fourth-order valence-corrected chi connectivity index (χ4v) is 3.56. The molecule has 2 aliphatic heterocycles. The fourth-order valence-electron chi connectivity index (χ4n) is 3.56. The van der Waals surface area contributed by atoms with Gasteiger partial charge in [-0.1, -0.05) is 18.2 Å². The first-order chi connectivity index (χ1) is 9.75. The van der Waals surface area contributed by atoms with Crippen LogP contribution >= 0.6 is 12.4 Å². The van der Waals surface area contributed by atoms with Crippen LogP contribution in [0.3, 0.4) is 0 Å². The number of anilines is 1. The van der Waals surface area contributed by atoms with Crippen molar-refractivity contribution in [2.75, 3.05) is 18.0 Å². The normalized spacial score (nSPS) is 21.8. The van der Waals surface area contributed by atoms with Crippen LogP contribution in [0.15, 0.2) is 24.3 Å². The van der Waals surface area contributed by atoms with Gasteiger partial charge in [0.1, 0.15) is 0 Å². The van der Waals surface area contributed by atoms with Crippen molar-refractivity contribution in [3.63, 3.8) is 0 Å². The number of para-hydroxylation sites is 1. The van der Waals surface area contributed by atoms with Crippen LogP contribution in [-0.4, -0.2) is 25.0 Å². The highest BCUT2D eigenvalue weighted by molar-refractivity contribution is 5.96. The maximum Gasteiger partial charge on any atom is 0.227 e. The average molecular weight is 309 g/mol. The SMILES string of the molecule is CC1Cc2ccccc2N1C(=O)CCC1CCNCC1.Cl. The molecule has 0 aliphatic carbocycles. The van der Waals surface area contributed by atoms with Gasteiger partial charge >= 0.3 is 0 Å². The van der Waals surface area contributed by atoms with Crippen molar-refractivity contribution in [2.45, 2.75) is 45.1 Å². The van der Waals surface area contributed by atoms with Crippen LogP contribution in [-0.2, 0) is 11.2 Å². The molecule has 4 heteroatoms. The molecule has 116 valence electrons. The van der Waals surface area contributed by atoms with Crippen molar-refractivity contribution in [1.82, 2.24) is 5.32 Å². The third-order valence-electron chi connectivity index (χ3n) is 4.70. The standard InChI is InChI=1S/C17H24N2O.ClH/c1-13-12-15-4-2-3-5-16(15)19(13)17(20)7-6-14-8-10-18-11-9-14;/h2-5,13-14,18H,6-12H2,1H3;1H. The second-order valence-electron chi connectivity index (χ2n) is 6.18. The van der Waals surface area contributed by atoms with Gasteiger partial charge in [0.25, 0.3) is 0 Å². The van der Waals surface area contributed by atoms with E-state index in [4.69, 9.17) is 0 Å². The maximum atomic E-state index is 12.6. The summed E-state index contributed by atoms with van der Waals surface area (Å²) in [4.78, 5) is 14.6. The molecule has 0 spiro atoms. The third kappa shape index (κ3) is 3.58. The highest BCUT2D eigenvalue weighted by Gasteiger charge is 2.30. The first-order valence-electron chi connectivity index (χ1n) is 7.86. The molecular formula is C17H25ClN2O. The summed E-state index contributed by atoms with van der Waals surface area (Å²) in [6, 6.07) is 8.64. The Balaban J connectivity index is 0.00000161. The van der Waals surface area contributed by atoms with E-state index in [0.29, 0.717) is 18.4 Å². The van der Waals surface area contributed by atoms with Gasteiger partial charge in [0.15, 0.2) is 0 Å². The monoisotopic (exact) mass is 308 g/mol. The van der Waals surface area contributed by atoms with E-state index in [-0.39, 0.29) is 12.4 Å². The molecule has 1 unspecified atom stereocenters. The molecule has 1 N–H and O–H groups in total. The number of hydrogen-bond donors (Lipinski definition) is 1. The number of fused-ring (bicyclic) bond motifs is 1. The van der Waals surface area contributed by atoms with Crippen LogP contribution in [0.5, 0.6) is 0 Å². The molecule has 0 radical (unpaired) electrons. The lowest BCUT2D eigenvalue weighted by atomic mass is 9.93. The number of amides is 1. The predicted molar refractivity (Wildman–Crippen MR) is 89.2 cm³/mol. The zero-order valence-corrected chi connectivity index (χ0v) is 13.5. The summed E-state index contributed by atoms with van der Waals surface area (Å²) in [5.74, 6) is 1.04. The van der Waals surface area contributed by atoms with Gasteiger partial charge in [0.2, 0.25) is 5.91 Å². The molecular weight excluding hydrogens is 284 g/mol. The average Bonchev–Trinajstić information content (AvgIpc) is 2.82. The van der Waals surface area contributed by atoms with Crippen molar-refractivity contribution in [3.05, 3.63) is 29.8 Å². The molecule has 1 aromatic carbocycles. The fraction of sp³-hybridized carbons (Fsp3) is 0.588. The number of nitrogens with one attached hydrogen (secondary N) is 1. The lowest BCUT2D eigenvalue weighted by molar-refractivity contribution is -0.119. The van der Waals surface area contributed by atoms with Gasteiger partial charge < -0.3 is 10.2 Å². The molecule has 21 heavy (non-hydrogen) atoms. The molecule has 2 aliphatic rings. The molecule has 1 atom stereocenters. The summed E-state index contributed by atoms with van der Waals surface area (Å²) in [5.41, 5.74) is 2.45. The minimum Gasteiger partial charge on any atom is -0.317 e. The molecule has 1 aromatic rings. The molecule has 1 fully saturated rings. The highest BCUT2D eigenvalue weighted by atomic mass is 35.5. The van der Waals surface area contributed by atoms with Gasteiger partial charge in [0, 0.05) is 18.2 Å². The highest BCUT2D eigenvalue weighted by Crippen LogP contribution is 2.32. The van der Waals surface area contributed by atoms with E-state index in [0.717, 1.165) is 37.5 Å². The number of rotatable bonds is 3. The van der Waals surface area contributed by atoms with E-state index in [1.54, 1.807) is 0 Å². The summed E-state index contributed by atoms with van der Waals surface area (Å²) in [6.45, 7) is 4.38. The van der Waals surface area contributed by atoms with Crippen molar-refractivity contribution in [3.8, 4) is 0 Å². The summed E-state index contributed by atoms with van der Waals surface area (Å²) >= 11 is 0. The van der Waals surface area contributed by atoms with Crippen LogP contribution < -0.4 is 10.2 Å². The van der Waals surface area contributed by atoms with E-state index in [9.17, 15) is 4.79 Å². The minimum atomic E-state index is 0. The molecule has 2 heterocycles.